The topological polar surface area (TPSA) is 88.9 Å². The molecule has 2 rings (SSSR count). The summed E-state index contributed by atoms with van der Waals surface area (Å²) in [5.74, 6) is 0.608. The Kier molecular flexibility index (Phi) is 7.35. The van der Waals surface area contributed by atoms with Crippen molar-refractivity contribution >= 4 is 21.6 Å². The first-order valence-corrected chi connectivity index (χ1v) is 10.1. The normalized spacial score (nSPS) is 12.4. The molecule has 1 amide bonds. The predicted octanol–water partition coefficient (Wildman–Crippen LogP) is 0.435. The van der Waals surface area contributed by atoms with Crippen LogP contribution < -0.4 is 19.7 Å². The highest BCUT2D eigenvalue weighted by Gasteiger charge is 2.16. The van der Waals surface area contributed by atoms with Crippen molar-refractivity contribution in [2.75, 3.05) is 39.1 Å². The second-order valence-corrected chi connectivity index (χ2v) is 8.14. The number of likely N-dealkylation sites (N-methyl/N-ethyl adjacent to an activating group) is 1. The van der Waals surface area contributed by atoms with E-state index in [-0.39, 0.29) is 17.3 Å². The van der Waals surface area contributed by atoms with Crippen LogP contribution in [0, 0.1) is 6.92 Å². The van der Waals surface area contributed by atoms with Crippen molar-refractivity contribution in [3.63, 3.8) is 0 Å². The molecule has 2 aromatic rings. The summed E-state index contributed by atoms with van der Waals surface area (Å²) >= 11 is 0. The van der Waals surface area contributed by atoms with Crippen molar-refractivity contribution in [1.29, 1.82) is 0 Å². The van der Waals surface area contributed by atoms with E-state index in [0.717, 1.165) is 10.6 Å². The molecule has 0 radical (unpaired) electrons. The number of carbonyl (C=O) groups is 1. The Bertz CT molecular complexity index is 870. The van der Waals surface area contributed by atoms with Gasteiger partial charge in [0.05, 0.1) is 11.9 Å². The zero-order valence-electron chi connectivity index (χ0n) is 15.8. The molecule has 0 aliphatic heterocycles. The lowest BCUT2D eigenvalue weighted by Gasteiger charge is -2.15. The van der Waals surface area contributed by atoms with Gasteiger partial charge in [-0.2, -0.15) is 0 Å². The lowest BCUT2D eigenvalue weighted by Crippen LogP contribution is -3.10. The number of sulfonamides is 1. The molecule has 146 valence electrons. The van der Waals surface area contributed by atoms with Crippen LogP contribution in [0.1, 0.15) is 5.56 Å². The van der Waals surface area contributed by atoms with Crippen LogP contribution in [0.5, 0.6) is 5.75 Å². The van der Waals surface area contributed by atoms with Crippen LogP contribution in [0.15, 0.2) is 53.4 Å². The summed E-state index contributed by atoms with van der Waals surface area (Å²) in [6.45, 7) is 3.12. The molecule has 0 heterocycles. The van der Waals surface area contributed by atoms with E-state index in [2.05, 4.69) is 10.0 Å². The van der Waals surface area contributed by atoms with Crippen molar-refractivity contribution in [1.82, 2.24) is 4.72 Å². The monoisotopic (exact) mass is 392 g/mol. The molecule has 0 bridgehead atoms. The van der Waals surface area contributed by atoms with Crippen LogP contribution in [0.4, 0.5) is 5.69 Å². The highest BCUT2D eigenvalue weighted by atomic mass is 32.2. The zero-order chi connectivity index (χ0) is 19.9. The molecule has 0 aliphatic rings. The highest BCUT2D eigenvalue weighted by Crippen LogP contribution is 2.19. The Morgan fingerprint density at radius 3 is 2.52 bits per heavy atom. The minimum absolute atomic E-state index is 0.153. The molecule has 0 spiro atoms. The second-order valence-electron chi connectivity index (χ2n) is 6.28. The third-order valence-electron chi connectivity index (χ3n) is 4.03. The van der Waals surface area contributed by atoms with Gasteiger partial charge in [0.1, 0.15) is 18.9 Å². The number of hydrogen-bond acceptors (Lipinski definition) is 4. The van der Waals surface area contributed by atoms with Crippen LogP contribution in [0.25, 0.3) is 0 Å². The summed E-state index contributed by atoms with van der Waals surface area (Å²) in [7, 11) is -0.312. The Hall–Kier alpha value is -2.42. The van der Waals surface area contributed by atoms with Gasteiger partial charge < -0.3 is 15.0 Å². The molecule has 0 saturated carbocycles. The number of anilines is 1. The number of ether oxygens (including phenoxy) is 1. The lowest BCUT2D eigenvalue weighted by atomic mass is 10.2. The van der Waals surface area contributed by atoms with Crippen LogP contribution in [-0.4, -0.2) is 48.1 Å². The summed E-state index contributed by atoms with van der Waals surface area (Å²) in [5.41, 5.74) is 1.07. The maximum absolute atomic E-state index is 12.2. The van der Waals surface area contributed by atoms with Crippen molar-refractivity contribution in [2.45, 2.75) is 11.8 Å². The number of hydrogen-bond donors (Lipinski definition) is 3. The van der Waals surface area contributed by atoms with E-state index in [9.17, 15) is 13.2 Å². The van der Waals surface area contributed by atoms with Crippen molar-refractivity contribution in [3.05, 3.63) is 54.1 Å². The van der Waals surface area contributed by atoms with Crippen molar-refractivity contribution in [3.8, 4) is 5.75 Å². The van der Waals surface area contributed by atoms with E-state index in [0.29, 0.717) is 24.4 Å². The van der Waals surface area contributed by atoms with Crippen LogP contribution in [0.2, 0.25) is 0 Å². The molecule has 8 heteroatoms. The van der Waals surface area contributed by atoms with Crippen LogP contribution >= 0.6 is 0 Å². The predicted molar refractivity (Wildman–Crippen MR) is 105 cm³/mol. The molecule has 2 aromatic carbocycles. The van der Waals surface area contributed by atoms with E-state index in [1.807, 2.05) is 37.4 Å². The van der Waals surface area contributed by atoms with E-state index in [4.69, 9.17) is 4.74 Å². The lowest BCUT2D eigenvalue weighted by molar-refractivity contribution is -0.871. The fourth-order valence-corrected chi connectivity index (χ4v) is 3.50. The van der Waals surface area contributed by atoms with Gasteiger partial charge in [-0.3, -0.25) is 4.79 Å². The smallest absolute Gasteiger partial charge is 0.279 e. The number of rotatable bonds is 9. The quantitative estimate of drug-likeness (QED) is 0.578. The van der Waals surface area contributed by atoms with Gasteiger partial charge in [-0.25, -0.2) is 13.1 Å². The number of amides is 1. The average molecular weight is 393 g/mol. The highest BCUT2D eigenvalue weighted by molar-refractivity contribution is 7.89. The molecule has 27 heavy (non-hydrogen) atoms. The summed E-state index contributed by atoms with van der Waals surface area (Å²) in [6, 6.07) is 14.3. The number of carbonyl (C=O) groups excluding carboxylic acids is 1. The SMILES string of the molecule is CNS(=O)(=O)c1cc(NC(=O)C[NH+](C)CCOc2ccccc2)ccc1C. The number of quaternary nitrogens is 1. The van der Waals surface area contributed by atoms with Gasteiger partial charge in [-0.15, -0.1) is 0 Å². The number of aryl methyl sites for hydroxylation is 1. The molecule has 1 atom stereocenters. The molecule has 0 aliphatic carbocycles. The Morgan fingerprint density at radius 2 is 1.85 bits per heavy atom. The first-order chi connectivity index (χ1) is 12.8. The minimum atomic E-state index is -3.57. The van der Waals surface area contributed by atoms with Gasteiger partial charge in [0.25, 0.3) is 5.91 Å². The Balaban J connectivity index is 1.87. The van der Waals surface area contributed by atoms with Gasteiger partial charge in [-0.05, 0) is 43.8 Å². The fraction of sp³-hybridized carbons (Fsp3) is 0.316. The van der Waals surface area contributed by atoms with E-state index >= 15 is 0 Å². The summed E-state index contributed by atoms with van der Waals surface area (Å²) in [4.78, 5) is 13.4. The zero-order valence-corrected chi connectivity index (χ0v) is 16.6. The minimum Gasteiger partial charge on any atom is -0.488 e. The fourth-order valence-electron chi connectivity index (χ4n) is 2.50. The van der Waals surface area contributed by atoms with Gasteiger partial charge in [0, 0.05) is 5.69 Å². The summed E-state index contributed by atoms with van der Waals surface area (Å²) in [5, 5.41) is 2.75. The number of para-hydroxylation sites is 1. The second kappa shape index (κ2) is 9.50. The molecule has 0 saturated heterocycles. The molecule has 1 unspecified atom stereocenters. The third-order valence-corrected chi connectivity index (χ3v) is 5.59. The molecular weight excluding hydrogens is 366 g/mol. The maximum Gasteiger partial charge on any atom is 0.279 e. The summed E-state index contributed by atoms with van der Waals surface area (Å²) < 4.78 is 32.0. The van der Waals surface area contributed by atoms with E-state index < -0.39 is 10.0 Å². The molecular formula is C19H26N3O4S+. The Morgan fingerprint density at radius 1 is 1.15 bits per heavy atom. The van der Waals surface area contributed by atoms with Crippen molar-refractivity contribution in [2.24, 2.45) is 0 Å². The Labute approximate surface area is 160 Å². The molecule has 7 nitrogen and oxygen atoms in total. The third kappa shape index (κ3) is 6.35. The number of benzene rings is 2. The van der Waals surface area contributed by atoms with Gasteiger partial charge in [-0.1, -0.05) is 24.3 Å². The molecule has 3 N–H and O–H groups in total. The maximum atomic E-state index is 12.2. The van der Waals surface area contributed by atoms with Gasteiger partial charge in [0.15, 0.2) is 6.54 Å². The van der Waals surface area contributed by atoms with E-state index in [1.54, 1.807) is 19.1 Å². The largest absolute Gasteiger partial charge is 0.488 e. The van der Waals surface area contributed by atoms with Gasteiger partial charge >= 0.3 is 0 Å². The molecule has 0 fully saturated rings. The van der Waals surface area contributed by atoms with E-state index in [1.165, 1.54) is 13.1 Å². The first-order valence-electron chi connectivity index (χ1n) is 8.65. The van der Waals surface area contributed by atoms with Crippen molar-refractivity contribution < 1.29 is 22.8 Å². The molecule has 0 aromatic heterocycles. The van der Waals surface area contributed by atoms with Gasteiger partial charge in [0.2, 0.25) is 10.0 Å². The summed E-state index contributed by atoms with van der Waals surface area (Å²) in [6.07, 6.45) is 0. The standard InChI is InChI=1S/C19H25N3O4S/c1-15-9-10-16(13-18(15)27(24,25)20-2)21-19(23)14-22(3)11-12-26-17-7-5-4-6-8-17/h4-10,13,20H,11-12,14H2,1-3H3,(H,21,23)/p+1. The van der Waals surface area contributed by atoms with Crippen LogP contribution in [0.3, 0.4) is 0 Å². The average Bonchev–Trinajstić information content (AvgIpc) is 2.64. The first kappa shape index (κ1) is 20.9. The van der Waals surface area contributed by atoms with Crippen LogP contribution in [-0.2, 0) is 14.8 Å². The number of nitrogens with one attached hydrogen (secondary N) is 3.